The molecule has 7 heteroatoms. The van der Waals surface area contributed by atoms with Gasteiger partial charge < -0.3 is 19.1 Å². The van der Waals surface area contributed by atoms with E-state index >= 15 is 0 Å². The third-order valence-electron chi connectivity index (χ3n) is 3.93. The van der Waals surface area contributed by atoms with E-state index in [1.54, 1.807) is 13.2 Å². The smallest absolute Gasteiger partial charge is 0.338 e. The monoisotopic (exact) mass is 318 g/mol. The van der Waals surface area contributed by atoms with Crippen molar-refractivity contribution in [1.29, 1.82) is 0 Å². The first kappa shape index (κ1) is 15.5. The third kappa shape index (κ3) is 3.34. The zero-order valence-corrected chi connectivity index (χ0v) is 12.8. The van der Waals surface area contributed by atoms with E-state index in [-0.39, 0.29) is 12.5 Å². The summed E-state index contributed by atoms with van der Waals surface area (Å²) < 4.78 is 15.3. The largest absolute Gasteiger partial charge is 0.497 e. The fourth-order valence-corrected chi connectivity index (χ4v) is 2.62. The van der Waals surface area contributed by atoms with Crippen LogP contribution in [0, 0.1) is 0 Å². The number of aromatic nitrogens is 2. The number of benzene rings is 1. The van der Waals surface area contributed by atoms with Crippen molar-refractivity contribution >= 4 is 5.97 Å². The first-order valence-electron chi connectivity index (χ1n) is 7.47. The lowest BCUT2D eigenvalue weighted by molar-refractivity contribution is -0.167. The molecule has 0 bridgehead atoms. The first-order valence-corrected chi connectivity index (χ1v) is 7.47. The maximum Gasteiger partial charge on any atom is 0.338 e. The Bertz CT molecular complexity index is 691. The molecule has 122 valence electrons. The molecule has 1 N–H and O–H groups in total. The van der Waals surface area contributed by atoms with Crippen LogP contribution in [0.4, 0.5) is 0 Å². The molecule has 0 amide bonds. The van der Waals surface area contributed by atoms with Gasteiger partial charge in [-0.15, -0.1) is 0 Å². The highest BCUT2D eigenvalue weighted by Gasteiger charge is 2.40. The number of carbonyl (C=O) groups is 1. The number of hydrogen-bond acceptors (Lipinski definition) is 7. The van der Waals surface area contributed by atoms with Gasteiger partial charge in [0.15, 0.2) is 12.2 Å². The van der Waals surface area contributed by atoms with Gasteiger partial charge in [-0.3, -0.25) is 0 Å². The van der Waals surface area contributed by atoms with Gasteiger partial charge in [0.25, 0.3) is 5.89 Å². The van der Waals surface area contributed by atoms with Crippen molar-refractivity contribution in [3.05, 3.63) is 30.2 Å². The average Bonchev–Trinajstić information content (AvgIpc) is 3.22. The molecule has 0 radical (unpaired) electrons. The molecule has 2 aromatic rings. The van der Waals surface area contributed by atoms with E-state index < -0.39 is 11.6 Å². The molecule has 0 saturated heterocycles. The summed E-state index contributed by atoms with van der Waals surface area (Å²) in [6.07, 6.45) is 2.52. The van der Waals surface area contributed by atoms with E-state index in [2.05, 4.69) is 10.1 Å². The van der Waals surface area contributed by atoms with Crippen LogP contribution in [0.2, 0.25) is 0 Å². The van der Waals surface area contributed by atoms with Crippen LogP contribution < -0.4 is 4.74 Å². The molecular weight excluding hydrogens is 300 g/mol. The summed E-state index contributed by atoms with van der Waals surface area (Å²) in [5.41, 5.74) is -0.629. The van der Waals surface area contributed by atoms with Crippen molar-refractivity contribution in [3.63, 3.8) is 0 Å². The Balaban J connectivity index is 1.64. The molecule has 0 aliphatic heterocycles. The highest BCUT2D eigenvalue weighted by atomic mass is 16.6. The number of rotatable bonds is 5. The standard InChI is InChI=1S/C16H18N2O5/c1-21-12-6-4-5-11(9-12)14-17-13(23-18-14)10-22-15(19)16(20)7-2-3-8-16/h4-6,9,20H,2-3,7-8,10H2,1H3. The Hall–Kier alpha value is -2.41. The lowest BCUT2D eigenvalue weighted by atomic mass is 10.0. The molecule has 1 aliphatic carbocycles. The number of nitrogens with zero attached hydrogens (tertiary/aromatic N) is 2. The molecule has 1 saturated carbocycles. The number of aliphatic hydroxyl groups is 1. The van der Waals surface area contributed by atoms with Crippen LogP contribution in [0.25, 0.3) is 11.4 Å². The van der Waals surface area contributed by atoms with Crippen LogP contribution in [-0.2, 0) is 16.1 Å². The highest BCUT2D eigenvalue weighted by Crippen LogP contribution is 2.30. The molecule has 23 heavy (non-hydrogen) atoms. The summed E-state index contributed by atoms with van der Waals surface area (Å²) in [4.78, 5) is 16.1. The van der Waals surface area contributed by atoms with Gasteiger partial charge in [-0.25, -0.2) is 4.79 Å². The molecule has 1 aliphatic rings. The van der Waals surface area contributed by atoms with Crippen molar-refractivity contribution in [2.75, 3.05) is 7.11 Å². The summed E-state index contributed by atoms with van der Waals surface area (Å²) in [7, 11) is 1.58. The minimum Gasteiger partial charge on any atom is -0.497 e. The van der Waals surface area contributed by atoms with Crippen LogP contribution in [0.1, 0.15) is 31.6 Å². The number of esters is 1. The third-order valence-corrected chi connectivity index (χ3v) is 3.93. The normalized spacial score (nSPS) is 16.3. The molecule has 1 heterocycles. The minimum absolute atomic E-state index is 0.155. The van der Waals surface area contributed by atoms with E-state index in [0.717, 1.165) is 18.4 Å². The van der Waals surface area contributed by atoms with Gasteiger partial charge in [0, 0.05) is 5.56 Å². The van der Waals surface area contributed by atoms with Gasteiger partial charge in [0.2, 0.25) is 5.82 Å². The molecule has 1 aromatic heterocycles. The van der Waals surface area contributed by atoms with Gasteiger partial charge >= 0.3 is 5.97 Å². The number of methoxy groups -OCH3 is 1. The molecular formula is C16H18N2O5. The van der Waals surface area contributed by atoms with Crippen LogP contribution in [-0.4, -0.2) is 33.9 Å². The number of hydrogen-bond donors (Lipinski definition) is 1. The van der Waals surface area contributed by atoms with Crippen molar-refractivity contribution in [3.8, 4) is 17.1 Å². The Morgan fingerprint density at radius 3 is 2.91 bits per heavy atom. The molecule has 1 fully saturated rings. The maximum atomic E-state index is 11.9. The zero-order valence-electron chi connectivity index (χ0n) is 12.8. The van der Waals surface area contributed by atoms with E-state index in [0.29, 0.717) is 24.4 Å². The van der Waals surface area contributed by atoms with Crippen molar-refractivity contribution < 1.29 is 23.9 Å². The van der Waals surface area contributed by atoms with E-state index in [1.165, 1.54) is 0 Å². The van der Waals surface area contributed by atoms with Crippen LogP contribution in [0.3, 0.4) is 0 Å². The second-order valence-corrected chi connectivity index (χ2v) is 5.56. The molecule has 3 rings (SSSR count). The topological polar surface area (TPSA) is 94.7 Å². The predicted octanol–water partition coefficient (Wildman–Crippen LogP) is 2.09. The van der Waals surface area contributed by atoms with Crippen molar-refractivity contribution in [2.45, 2.75) is 37.9 Å². The summed E-state index contributed by atoms with van der Waals surface area (Å²) >= 11 is 0. The molecule has 7 nitrogen and oxygen atoms in total. The van der Waals surface area contributed by atoms with Crippen LogP contribution >= 0.6 is 0 Å². The number of carbonyl (C=O) groups excluding carboxylic acids is 1. The van der Waals surface area contributed by atoms with E-state index in [4.69, 9.17) is 14.0 Å². The average molecular weight is 318 g/mol. The van der Waals surface area contributed by atoms with Crippen molar-refractivity contribution in [1.82, 2.24) is 10.1 Å². The fourth-order valence-electron chi connectivity index (χ4n) is 2.62. The van der Waals surface area contributed by atoms with Gasteiger partial charge in [-0.05, 0) is 37.8 Å². The minimum atomic E-state index is -1.37. The highest BCUT2D eigenvalue weighted by molar-refractivity contribution is 5.79. The Kier molecular flexibility index (Phi) is 4.29. The van der Waals surface area contributed by atoms with Gasteiger partial charge in [-0.1, -0.05) is 17.3 Å². The zero-order chi connectivity index (χ0) is 16.3. The Morgan fingerprint density at radius 2 is 2.17 bits per heavy atom. The van der Waals surface area contributed by atoms with Gasteiger partial charge in [-0.2, -0.15) is 4.98 Å². The second kappa shape index (κ2) is 6.37. The molecule has 1 aromatic carbocycles. The first-order chi connectivity index (χ1) is 11.1. The molecule has 0 unspecified atom stereocenters. The molecule has 0 spiro atoms. The van der Waals surface area contributed by atoms with Gasteiger partial charge in [0.1, 0.15) is 5.75 Å². The predicted molar refractivity (Wildman–Crippen MR) is 79.5 cm³/mol. The molecule has 0 atom stereocenters. The summed E-state index contributed by atoms with van der Waals surface area (Å²) in [6.45, 7) is -0.155. The fraction of sp³-hybridized carbons (Fsp3) is 0.438. The lowest BCUT2D eigenvalue weighted by Gasteiger charge is -2.18. The Morgan fingerprint density at radius 1 is 1.39 bits per heavy atom. The summed E-state index contributed by atoms with van der Waals surface area (Å²) in [5.74, 6) is 0.618. The quantitative estimate of drug-likeness (QED) is 0.843. The van der Waals surface area contributed by atoms with Gasteiger partial charge in [0.05, 0.1) is 7.11 Å². The summed E-state index contributed by atoms with van der Waals surface area (Å²) in [6, 6.07) is 7.24. The number of ether oxygens (including phenoxy) is 2. The van der Waals surface area contributed by atoms with Crippen LogP contribution in [0.15, 0.2) is 28.8 Å². The van der Waals surface area contributed by atoms with Crippen molar-refractivity contribution in [2.24, 2.45) is 0 Å². The Labute approximate surface area is 133 Å². The van der Waals surface area contributed by atoms with E-state index in [9.17, 15) is 9.90 Å². The van der Waals surface area contributed by atoms with E-state index in [1.807, 2.05) is 18.2 Å². The maximum absolute atomic E-state index is 11.9. The lowest BCUT2D eigenvalue weighted by Crippen LogP contribution is -2.36. The second-order valence-electron chi connectivity index (χ2n) is 5.56. The SMILES string of the molecule is COc1cccc(-c2noc(COC(=O)C3(O)CCCC3)n2)c1. The summed E-state index contributed by atoms with van der Waals surface area (Å²) in [5, 5.41) is 14.0. The van der Waals surface area contributed by atoms with Crippen LogP contribution in [0.5, 0.6) is 5.75 Å².